The van der Waals surface area contributed by atoms with Gasteiger partial charge in [-0.05, 0) is 23.8 Å². The quantitative estimate of drug-likeness (QED) is 0.899. The second-order valence-electron chi connectivity index (χ2n) is 4.15. The summed E-state index contributed by atoms with van der Waals surface area (Å²) in [5, 5.41) is 22.2. The largest absolute Gasteiger partial charge is 0.508 e. The average molecular weight is 273 g/mol. The van der Waals surface area contributed by atoms with Crippen molar-refractivity contribution in [1.82, 2.24) is 5.32 Å². The van der Waals surface area contributed by atoms with E-state index in [9.17, 15) is 5.11 Å². The van der Waals surface area contributed by atoms with Gasteiger partial charge in [0.15, 0.2) is 0 Å². The van der Waals surface area contributed by atoms with Gasteiger partial charge in [0.25, 0.3) is 0 Å². The van der Waals surface area contributed by atoms with Gasteiger partial charge in [-0.2, -0.15) is 5.26 Å². The summed E-state index contributed by atoms with van der Waals surface area (Å²) in [7, 11) is 0. The molecule has 0 radical (unpaired) electrons. The molecule has 0 unspecified atom stereocenters. The zero-order chi connectivity index (χ0) is 13.7. The molecule has 0 atom stereocenters. The molecule has 0 bridgehead atoms. The summed E-state index contributed by atoms with van der Waals surface area (Å²) in [6.07, 6.45) is 0. The van der Waals surface area contributed by atoms with Crippen molar-refractivity contribution < 1.29 is 5.11 Å². The Hall–Kier alpha value is -2.02. The standard InChI is InChI=1S/C15H13ClN2O/c16-14-7-11(8-17)5-6-12(14)9-18-10-13-3-1-2-4-15(13)19/h1-7,18-19H,9-10H2. The molecule has 0 saturated heterocycles. The highest BCUT2D eigenvalue weighted by Gasteiger charge is 2.03. The minimum absolute atomic E-state index is 0.279. The van der Waals surface area contributed by atoms with Crippen molar-refractivity contribution in [3.8, 4) is 11.8 Å². The molecule has 0 fully saturated rings. The molecular formula is C15H13ClN2O. The van der Waals surface area contributed by atoms with Crippen LogP contribution in [-0.2, 0) is 13.1 Å². The van der Waals surface area contributed by atoms with Crippen molar-refractivity contribution in [2.75, 3.05) is 0 Å². The van der Waals surface area contributed by atoms with E-state index in [0.29, 0.717) is 23.7 Å². The smallest absolute Gasteiger partial charge is 0.120 e. The molecule has 0 saturated carbocycles. The van der Waals surface area contributed by atoms with Gasteiger partial charge in [0.05, 0.1) is 11.6 Å². The lowest BCUT2D eigenvalue weighted by molar-refractivity contribution is 0.464. The number of halogens is 1. The Labute approximate surface area is 117 Å². The molecule has 0 aromatic heterocycles. The first-order valence-electron chi connectivity index (χ1n) is 5.87. The van der Waals surface area contributed by atoms with Crippen LogP contribution in [0.1, 0.15) is 16.7 Å². The predicted molar refractivity (Wildman–Crippen MR) is 74.8 cm³/mol. The summed E-state index contributed by atoms with van der Waals surface area (Å²) in [5.74, 6) is 0.279. The molecule has 3 nitrogen and oxygen atoms in total. The Morgan fingerprint density at radius 3 is 2.53 bits per heavy atom. The van der Waals surface area contributed by atoms with Crippen LogP contribution in [0.3, 0.4) is 0 Å². The van der Waals surface area contributed by atoms with Gasteiger partial charge >= 0.3 is 0 Å². The molecule has 2 rings (SSSR count). The molecule has 0 aliphatic carbocycles. The topological polar surface area (TPSA) is 56.0 Å². The van der Waals surface area contributed by atoms with Gasteiger partial charge in [-0.25, -0.2) is 0 Å². The number of phenols is 1. The van der Waals surface area contributed by atoms with E-state index in [1.165, 1.54) is 0 Å². The van der Waals surface area contributed by atoms with E-state index < -0.39 is 0 Å². The number of nitrogens with one attached hydrogen (secondary N) is 1. The Kier molecular flexibility index (Phi) is 4.40. The van der Waals surface area contributed by atoms with Crippen molar-refractivity contribution in [1.29, 1.82) is 5.26 Å². The Balaban J connectivity index is 1.97. The van der Waals surface area contributed by atoms with Crippen molar-refractivity contribution in [2.24, 2.45) is 0 Å². The van der Waals surface area contributed by atoms with Gasteiger partial charge in [0.1, 0.15) is 5.75 Å². The van der Waals surface area contributed by atoms with Crippen LogP contribution in [0.15, 0.2) is 42.5 Å². The van der Waals surface area contributed by atoms with Crippen LogP contribution in [0.25, 0.3) is 0 Å². The van der Waals surface area contributed by atoms with Crippen molar-refractivity contribution in [2.45, 2.75) is 13.1 Å². The second kappa shape index (κ2) is 6.24. The molecular weight excluding hydrogens is 260 g/mol. The number of hydrogen-bond acceptors (Lipinski definition) is 3. The van der Waals surface area contributed by atoms with Crippen LogP contribution in [0.4, 0.5) is 0 Å². The van der Waals surface area contributed by atoms with Crippen LogP contribution >= 0.6 is 11.6 Å². The van der Waals surface area contributed by atoms with Gasteiger partial charge in [0.2, 0.25) is 0 Å². The van der Waals surface area contributed by atoms with E-state index in [4.69, 9.17) is 16.9 Å². The van der Waals surface area contributed by atoms with Crippen LogP contribution < -0.4 is 5.32 Å². The summed E-state index contributed by atoms with van der Waals surface area (Å²) in [4.78, 5) is 0. The summed E-state index contributed by atoms with van der Waals surface area (Å²) in [5.41, 5.74) is 2.32. The van der Waals surface area contributed by atoms with Crippen LogP contribution in [0.2, 0.25) is 5.02 Å². The fourth-order valence-electron chi connectivity index (χ4n) is 1.75. The number of phenolic OH excluding ortho intramolecular Hbond substituents is 1. The number of hydrogen-bond donors (Lipinski definition) is 2. The molecule has 2 aromatic carbocycles. The first kappa shape index (κ1) is 13.4. The van der Waals surface area contributed by atoms with Crippen molar-refractivity contribution >= 4 is 11.6 Å². The molecule has 0 heterocycles. The molecule has 2 aromatic rings. The van der Waals surface area contributed by atoms with Gasteiger partial charge in [-0.3, -0.25) is 0 Å². The Morgan fingerprint density at radius 2 is 1.84 bits per heavy atom. The van der Waals surface area contributed by atoms with E-state index in [0.717, 1.165) is 11.1 Å². The molecule has 96 valence electrons. The fraction of sp³-hybridized carbons (Fsp3) is 0.133. The van der Waals surface area contributed by atoms with E-state index in [-0.39, 0.29) is 5.75 Å². The number of benzene rings is 2. The number of aromatic hydroxyl groups is 1. The van der Waals surface area contributed by atoms with Crippen LogP contribution in [0, 0.1) is 11.3 Å². The van der Waals surface area contributed by atoms with Gasteiger partial charge in [-0.15, -0.1) is 0 Å². The van der Waals surface area contributed by atoms with Gasteiger partial charge in [-0.1, -0.05) is 35.9 Å². The maximum atomic E-state index is 9.63. The third-order valence-electron chi connectivity index (χ3n) is 2.80. The minimum atomic E-state index is 0.279. The van der Waals surface area contributed by atoms with E-state index in [2.05, 4.69) is 5.32 Å². The summed E-state index contributed by atoms with van der Waals surface area (Å²) in [6, 6.07) is 14.5. The lowest BCUT2D eigenvalue weighted by Gasteiger charge is -2.08. The molecule has 2 N–H and O–H groups in total. The SMILES string of the molecule is N#Cc1ccc(CNCc2ccccc2O)c(Cl)c1. The number of nitriles is 1. The van der Waals surface area contributed by atoms with E-state index >= 15 is 0 Å². The first-order chi connectivity index (χ1) is 9.20. The van der Waals surface area contributed by atoms with E-state index in [1.54, 1.807) is 24.3 Å². The Bertz CT molecular complexity index is 620. The lowest BCUT2D eigenvalue weighted by Crippen LogP contribution is -2.13. The number of nitrogens with zero attached hydrogens (tertiary/aromatic N) is 1. The van der Waals surface area contributed by atoms with E-state index in [1.807, 2.05) is 24.3 Å². The van der Waals surface area contributed by atoms with Gasteiger partial charge < -0.3 is 10.4 Å². The number of rotatable bonds is 4. The summed E-state index contributed by atoms with van der Waals surface area (Å²) < 4.78 is 0. The maximum Gasteiger partial charge on any atom is 0.120 e. The maximum absolute atomic E-state index is 9.63. The first-order valence-corrected chi connectivity index (χ1v) is 6.24. The monoisotopic (exact) mass is 272 g/mol. The molecule has 0 aliphatic heterocycles. The van der Waals surface area contributed by atoms with Crippen LogP contribution in [0.5, 0.6) is 5.75 Å². The minimum Gasteiger partial charge on any atom is -0.508 e. The number of para-hydroxylation sites is 1. The molecule has 4 heteroatoms. The highest BCUT2D eigenvalue weighted by molar-refractivity contribution is 6.31. The van der Waals surface area contributed by atoms with Crippen LogP contribution in [-0.4, -0.2) is 5.11 Å². The van der Waals surface area contributed by atoms with Crippen molar-refractivity contribution in [3.63, 3.8) is 0 Å². The summed E-state index contributed by atoms with van der Waals surface area (Å²) >= 11 is 6.08. The zero-order valence-electron chi connectivity index (χ0n) is 10.2. The molecule has 0 aliphatic rings. The highest BCUT2D eigenvalue weighted by atomic mass is 35.5. The molecule has 19 heavy (non-hydrogen) atoms. The highest BCUT2D eigenvalue weighted by Crippen LogP contribution is 2.18. The molecule has 0 amide bonds. The summed E-state index contributed by atoms with van der Waals surface area (Å²) in [6.45, 7) is 1.14. The Morgan fingerprint density at radius 1 is 1.11 bits per heavy atom. The second-order valence-corrected chi connectivity index (χ2v) is 4.56. The van der Waals surface area contributed by atoms with Crippen molar-refractivity contribution in [3.05, 3.63) is 64.2 Å². The molecule has 0 spiro atoms. The third-order valence-corrected chi connectivity index (χ3v) is 3.16. The average Bonchev–Trinajstić information content (AvgIpc) is 2.42. The normalized spacial score (nSPS) is 10.1. The lowest BCUT2D eigenvalue weighted by atomic mass is 10.1. The third kappa shape index (κ3) is 3.47. The predicted octanol–water partition coefficient (Wildman–Crippen LogP) is 3.21. The van der Waals surface area contributed by atoms with Gasteiger partial charge in [0, 0.05) is 23.7 Å². The fourth-order valence-corrected chi connectivity index (χ4v) is 2.00. The zero-order valence-corrected chi connectivity index (χ0v) is 11.0.